The van der Waals surface area contributed by atoms with Crippen LogP contribution in [0, 0.1) is 0 Å². The molecule has 0 amide bonds. The molecule has 0 bridgehead atoms. The molecule has 3 rings (SSSR count). The molecule has 4 unspecified atom stereocenters. The first-order valence-corrected chi connectivity index (χ1v) is 11.9. The third-order valence-corrected chi connectivity index (χ3v) is 11.2. The van der Waals surface area contributed by atoms with E-state index in [4.69, 9.17) is 9.47 Å². The Balaban J connectivity index is 1.34. The van der Waals surface area contributed by atoms with E-state index in [0.29, 0.717) is 23.9 Å². The van der Waals surface area contributed by atoms with Crippen molar-refractivity contribution in [3.8, 4) is 0 Å². The van der Waals surface area contributed by atoms with Crippen LogP contribution in [0.25, 0.3) is 0 Å². The molecule has 3 heterocycles. The van der Waals surface area contributed by atoms with Crippen LogP contribution in [0.3, 0.4) is 0 Å². The zero-order valence-corrected chi connectivity index (χ0v) is 14.1. The molecule has 0 aromatic rings. The Labute approximate surface area is 118 Å². The third kappa shape index (κ3) is 4.40. The van der Waals surface area contributed by atoms with Crippen molar-refractivity contribution in [3.63, 3.8) is 0 Å². The summed E-state index contributed by atoms with van der Waals surface area (Å²) in [5.41, 5.74) is 0. The zero-order valence-electron chi connectivity index (χ0n) is 9.00. The van der Waals surface area contributed by atoms with Crippen LogP contribution in [0.4, 0.5) is 0 Å². The van der Waals surface area contributed by atoms with Crippen molar-refractivity contribution in [2.45, 2.75) is 31.1 Å². The summed E-state index contributed by atoms with van der Waals surface area (Å²) in [6.07, 6.45) is 1.30. The molecule has 0 spiro atoms. The van der Waals surface area contributed by atoms with Crippen LogP contribution in [-0.2, 0) is 9.47 Å². The Morgan fingerprint density at radius 1 is 1.06 bits per heavy atom. The summed E-state index contributed by atoms with van der Waals surface area (Å²) in [4.78, 5) is 0. The van der Waals surface area contributed by atoms with Crippen molar-refractivity contribution >= 4 is 53.4 Å². The standard InChI is InChI=1S/C10H16O2S2Se2/c1-2-15-10(12-4-8-6-14-8)16-9(1)11-3-7-5-13-7/h7-10H,1-6H2. The molecule has 3 aliphatic rings. The molecule has 0 N–H and O–H groups in total. The quantitative estimate of drug-likeness (QED) is 0.499. The van der Waals surface area contributed by atoms with Gasteiger partial charge in [-0.2, -0.15) is 0 Å². The van der Waals surface area contributed by atoms with Crippen LogP contribution in [0.2, 0.25) is 5.32 Å². The first-order valence-electron chi connectivity index (χ1n) is 5.63. The molecule has 6 heteroatoms. The average molecular weight is 390 g/mol. The molecule has 2 nitrogen and oxygen atoms in total. The minimum atomic E-state index is 0.557. The fraction of sp³-hybridized carbons (Fsp3) is 1.00. The second kappa shape index (κ2) is 6.20. The Bertz CT molecular complexity index is 215. The van der Waals surface area contributed by atoms with E-state index in [1.807, 2.05) is 23.5 Å². The van der Waals surface area contributed by atoms with E-state index >= 15 is 0 Å². The predicted molar refractivity (Wildman–Crippen MR) is 72.9 cm³/mol. The van der Waals surface area contributed by atoms with Crippen molar-refractivity contribution in [1.82, 2.24) is 0 Å². The van der Waals surface area contributed by atoms with Gasteiger partial charge in [0.15, 0.2) is 0 Å². The number of hydrogen-bond donors (Lipinski definition) is 0. The van der Waals surface area contributed by atoms with Gasteiger partial charge in [0, 0.05) is 0 Å². The number of ether oxygens (including phenoxy) is 2. The second-order valence-electron chi connectivity index (χ2n) is 4.09. The summed E-state index contributed by atoms with van der Waals surface area (Å²) >= 11 is 5.38. The average Bonchev–Trinajstić information content (AvgIpc) is 3.17. The fourth-order valence-corrected chi connectivity index (χ4v) is 9.64. The fourth-order valence-electron chi connectivity index (χ4n) is 1.43. The van der Waals surface area contributed by atoms with Gasteiger partial charge in [-0.15, -0.1) is 0 Å². The third-order valence-electron chi connectivity index (χ3n) is 2.56. The van der Waals surface area contributed by atoms with Crippen molar-refractivity contribution < 1.29 is 9.47 Å². The molecular weight excluding hydrogens is 374 g/mol. The molecular formula is C10H16O2S2Se2. The van der Waals surface area contributed by atoms with Gasteiger partial charge in [-0.1, -0.05) is 0 Å². The summed E-state index contributed by atoms with van der Waals surface area (Å²) in [7, 11) is 0. The molecule has 3 fully saturated rings. The number of rotatable bonds is 6. The summed E-state index contributed by atoms with van der Waals surface area (Å²) in [5, 5.41) is 3.57. The van der Waals surface area contributed by atoms with Crippen LogP contribution >= 0.6 is 23.5 Å². The van der Waals surface area contributed by atoms with E-state index in [9.17, 15) is 0 Å². The number of thioether (sulfide) groups is 2. The molecule has 3 saturated heterocycles. The first-order chi connectivity index (χ1) is 7.90. The summed E-state index contributed by atoms with van der Waals surface area (Å²) < 4.78 is 12.6. The van der Waals surface area contributed by atoms with E-state index in [2.05, 4.69) is 0 Å². The van der Waals surface area contributed by atoms with Gasteiger partial charge >= 0.3 is 119 Å². The van der Waals surface area contributed by atoms with Gasteiger partial charge in [-0.05, 0) is 0 Å². The summed E-state index contributed by atoms with van der Waals surface area (Å²) in [5.74, 6) is 2.65. The van der Waals surface area contributed by atoms with Crippen molar-refractivity contribution in [3.05, 3.63) is 0 Å². The molecule has 0 aromatic heterocycles. The molecule has 3 aliphatic heterocycles. The topological polar surface area (TPSA) is 18.5 Å². The number of hydrogen-bond acceptors (Lipinski definition) is 4. The molecule has 16 heavy (non-hydrogen) atoms. The zero-order chi connectivity index (χ0) is 10.8. The van der Waals surface area contributed by atoms with Crippen molar-refractivity contribution in [2.75, 3.05) is 24.7 Å². The van der Waals surface area contributed by atoms with Crippen LogP contribution in [-0.4, -0.2) is 74.0 Å². The van der Waals surface area contributed by atoms with Gasteiger partial charge in [0.25, 0.3) is 0 Å². The molecule has 0 aliphatic carbocycles. The SMILES string of the molecule is C1CC(OCC2CS2)[Se]C(OCC2CS2)[Se]1. The van der Waals surface area contributed by atoms with E-state index in [1.54, 1.807) is 0 Å². The normalized spacial score (nSPS) is 42.0. The van der Waals surface area contributed by atoms with Crippen LogP contribution in [0.15, 0.2) is 0 Å². The minimum absolute atomic E-state index is 0.557. The van der Waals surface area contributed by atoms with E-state index in [0.717, 1.165) is 38.7 Å². The first kappa shape index (κ1) is 12.7. The maximum absolute atomic E-state index is 6.01. The Morgan fingerprint density at radius 3 is 2.44 bits per heavy atom. The monoisotopic (exact) mass is 392 g/mol. The van der Waals surface area contributed by atoms with Crippen LogP contribution in [0.1, 0.15) is 6.42 Å². The molecule has 92 valence electrons. The van der Waals surface area contributed by atoms with E-state index in [-0.39, 0.29) is 0 Å². The van der Waals surface area contributed by atoms with Crippen molar-refractivity contribution in [1.29, 1.82) is 0 Å². The van der Waals surface area contributed by atoms with Gasteiger partial charge in [0.2, 0.25) is 0 Å². The van der Waals surface area contributed by atoms with Crippen LogP contribution < -0.4 is 0 Å². The molecule has 0 aromatic carbocycles. The van der Waals surface area contributed by atoms with Gasteiger partial charge in [-0.25, -0.2) is 0 Å². The summed E-state index contributed by atoms with van der Waals surface area (Å²) in [6, 6.07) is 0. The Morgan fingerprint density at radius 2 is 1.75 bits per heavy atom. The molecule has 4 atom stereocenters. The van der Waals surface area contributed by atoms with Gasteiger partial charge in [-0.3, -0.25) is 0 Å². The van der Waals surface area contributed by atoms with Gasteiger partial charge in [0.05, 0.1) is 0 Å². The van der Waals surface area contributed by atoms with Gasteiger partial charge < -0.3 is 0 Å². The molecule has 0 radical (unpaired) electrons. The summed E-state index contributed by atoms with van der Waals surface area (Å²) in [6.45, 7) is 2.00. The van der Waals surface area contributed by atoms with Crippen LogP contribution in [0.5, 0.6) is 0 Å². The Kier molecular flexibility index (Phi) is 4.92. The maximum atomic E-state index is 6.01. The van der Waals surface area contributed by atoms with Crippen molar-refractivity contribution in [2.24, 2.45) is 0 Å². The van der Waals surface area contributed by atoms with Gasteiger partial charge in [0.1, 0.15) is 0 Å². The van der Waals surface area contributed by atoms with E-state index in [1.165, 1.54) is 23.2 Å². The molecule has 0 saturated carbocycles. The predicted octanol–water partition coefficient (Wildman–Crippen LogP) is 1.09. The second-order valence-corrected chi connectivity index (χ2v) is 13.3. The van der Waals surface area contributed by atoms with E-state index < -0.39 is 0 Å². The Hall–Kier alpha value is 1.66.